The van der Waals surface area contributed by atoms with Gasteiger partial charge in [0.15, 0.2) is 0 Å². The van der Waals surface area contributed by atoms with Gasteiger partial charge >= 0.3 is 0 Å². The van der Waals surface area contributed by atoms with Crippen molar-refractivity contribution in [2.45, 2.75) is 70.5 Å². The molecule has 1 aromatic carbocycles. The third kappa shape index (κ3) is 5.90. The van der Waals surface area contributed by atoms with Crippen molar-refractivity contribution in [1.29, 1.82) is 0 Å². The predicted molar refractivity (Wildman–Crippen MR) is 147 cm³/mol. The van der Waals surface area contributed by atoms with Crippen molar-refractivity contribution in [3.8, 4) is 11.1 Å². The molecule has 36 heavy (non-hydrogen) atoms. The molecule has 2 N–H and O–H groups in total. The summed E-state index contributed by atoms with van der Waals surface area (Å²) in [5.41, 5.74) is 4.86. The Bertz CT molecular complexity index is 1110. The average molecular weight is 491 g/mol. The van der Waals surface area contributed by atoms with Crippen LogP contribution < -0.4 is 5.32 Å². The molecule has 3 aromatic rings. The highest BCUT2D eigenvalue weighted by atomic mass is 16.2. The molecule has 1 aliphatic carbocycles. The van der Waals surface area contributed by atoms with Gasteiger partial charge in [0.25, 0.3) is 0 Å². The van der Waals surface area contributed by atoms with Crippen LogP contribution in [0.5, 0.6) is 0 Å². The highest BCUT2D eigenvalue weighted by molar-refractivity contribution is 5.94. The quantitative estimate of drug-likeness (QED) is 0.444. The smallest absolute Gasteiger partial charge is 0.224 e. The maximum atomic E-state index is 9.16. The van der Waals surface area contributed by atoms with Gasteiger partial charge in [-0.15, -0.1) is 0 Å². The third-order valence-electron chi connectivity index (χ3n) is 7.98. The normalized spacial score (nSPS) is 19.1. The fraction of sp³-hybridized carbons (Fsp3) is 0.586. The second-order valence-corrected chi connectivity index (χ2v) is 10.9. The molecule has 2 fully saturated rings. The average Bonchev–Trinajstić information content (AvgIpc) is 3.28. The molecule has 194 valence electrons. The molecule has 2 aliphatic rings. The molecular weight excluding hydrogens is 448 g/mol. The molecule has 7 nitrogen and oxygen atoms in total. The number of nitrogens with zero attached hydrogens (tertiary/aromatic N) is 5. The van der Waals surface area contributed by atoms with Crippen molar-refractivity contribution in [3.05, 3.63) is 42.2 Å². The minimum Gasteiger partial charge on any atom is -0.396 e. The van der Waals surface area contributed by atoms with Gasteiger partial charge in [0.05, 0.1) is 0 Å². The maximum absolute atomic E-state index is 9.16. The number of fused-ring (bicyclic) bond motifs is 1. The summed E-state index contributed by atoms with van der Waals surface area (Å²) in [6.07, 6.45) is 12.3. The van der Waals surface area contributed by atoms with E-state index in [9.17, 15) is 0 Å². The summed E-state index contributed by atoms with van der Waals surface area (Å²) in [6, 6.07) is 9.85. The molecule has 0 amide bonds. The summed E-state index contributed by atoms with van der Waals surface area (Å²) in [5, 5.41) is 13.7. The summed E-state index contributed by atoms with van der Waals surface area (Å²) in [7, 11) is 2.20. The van der Waals surface area contributed by atoms with Crippen LogP contribution in [0.3, 0.4) is 0 Å². The number of hydrogen-bond acceptors (Lipinski definition) is 6. The van der Waals surface area contributed by atoms with Gasteiger partial charge in [-0.3, -0.25) is 4.90 Å². The van der Waals surface area contributed by atoms with Crippen molar-refractivity contribution in [1.82, 2.24) is 24.3 Å². The van der Waals surface area contributed by atoms with Gasteiger partial charge < -0.3 is 19.9 Å². The van der Waals surface area contributed by atoms with E-state index in [0.29, 0.717) is 12.0 Å². The molecule has 0 radical (unpaired) electrons. The Balaban J connectivity index is 1.41. The monoisotopic (exact) mass is 490 g/mol. The molecule has 1 saturated carbocycles. The summed E-state index contributed by atoms with van der Waals surface area (Å²) < 4.78 is 2.42. The number of piperazine rings is 1. The summed E-state index contributed by atoms with van der Waals surface area (Å²) >= 11 is 0. The Morgan fingerprint density at radius 1 is 1.06 bits per heavy atom. The Morgan fingerprint density at radius 2 is 1.81 bits per heavy atom. The maximum Gasteiger partial charge on any atom is 0.224 e. The van der Waals surface area contributed by atoms with E-state index in [1.807, 2.05) is 6.20 Å². The Kier molecular flexibility index (Phi) is 8.19. The minimum absolute atomic E-state index is 0.216. The number of aromatic nitrogens is 3. The van der Waals surface area contributed by atoms with E-state index in [2.05, 4.69) is 64.1 Å². The lowest BCUT2D eigenvalue weighted by Crippen LogP contribution is -2.43. The van der Waals surface area contributed by atoms with Crippen LogP contribution >= 0.6 is 0 Å². The number of rotatable bonds is 9. The summed E-state index contributed by atoms with van der Waals surface area (Å²) in [6.45, 7) is 7.93. The predicted octanol–water partition coefficient (Wildman–Crippen LogP) is 4.92. The van der Waals surface area contributed by atoms with Crippen LogP contribution in [-0.4, -0.2) is 75.3 Å². The zero-order valence-electron chi connectivity index (χ0n) is 22.0. The molecule has 1 atom stereocenters. The molecule has 7 heteroatoms. The Labute approximate surface area is 215 Å². The van der Waals surface area contributed by atoms with Gasteiger partial charge in [-0.05, 0) is 50.8 Å². The van der Waals surface area contributed by atoms with Crippen LogP contribution in [0.1, 0.15) is 63.5 Å². The third-order valence-corrected chi connectivity index (χ3v) is 7.98. The van der Waals surface area contributed by atoms with Crippen LogP contribution in [0.25, 0.3) is 22.2 Å². The van der Waals surface area contributed by atoms with E-state index in [1.165, 1.54) is 48.8 Å². The van der Waals surface area contributed by atoms with Crippen molar-refractivity contribution >= 4 is 17.0 Å². The van der Waals surface area contributed by atoms with E-state index in [0.717, 1.165) is 56.6 Å². The Morgan fingerprint density at radius 3 is 2.53 bits per heavy atom. The SMILES string of the molecule is CC(CCCO)Nc1ncc2c(-c3ccc(CN4CCN(C)CC4)cc3)cn(C3CCCCC3)c2n1. The second-order valence-electron chi connectivity index (χ2n) is 10.9. The van der Waals surface area contributed by atoms with Crippen molar-refractivity contribution in [3.63, 3.8) is 0 Å². The highest BCUT2D eigenvalue weighted by Crippen LogP contribution is 2.36. The second kappa shape index (κ2) is 11.7. The van der Waals surface area contributed by atoms with Crippen LogP contribution in [0.2, 0.25) is 0 Å². The zero-order chi connectivity index (χ0) is 24.9. The van der Waals surface area contributed by atoms with E-state index >= 15 is 0 Å². The number of anilines is 1. The first-order valence-corrected chi connectivity index (χ1v) is 13.9. The molecule has 0 spiro atoms. The van der Waals surface area contributed by atoms with E-state index in [-0.39, 0.29) is 12.6 Å². The highest BCUT2D eigenvalue weighted by Gasteiger charge is 2.22. The van der Waals surface area contributed by atoms with Crippen LogP contribution in [0.4, 0.5) is 5.95 Å². The van der Waals surface area contributed by atoms with Crippen molar-refractivity contribution in [2.75, 3.05) is 45.2 Å². The number of aliphatic hydroxyl groups is 1. The van der Waals surface area contributed by atoms with Crippen LogP contribution in [0, 0.1) is 0 Å². The molecule has 1 aliphatic heterocycles. The minimum atomic E-state index is 0.216. The lowest BCUT2D eigenvalue weighted by Gasteiger charge is -2.32. The molecular formula is C29H42N6O. The number of nitrogens with one attached hydrogen (secondary N) is 1. The van der Waals surface area contributed by atoms with Gasteiger partial charge in [-0.2, -0.15) is 4.98 Å². The molecule has 5 rings (SSSR count). The first-order chi connectivity index (χ1) is 17.6. The molecule has 2 aromatic heterocycles. The van der Waals surface area contributed by atoms with Crippen molar-refractivity contribution in [2.24, 2.45) is 0 Å². The standard InChI is InChI=1S/C29H42N6O/c1-22(7-6-18-36)31-29-30-19-26-27(21-35(28(26)32-29)25-8-4-3-5-9-25)24-12-10-23(11-13-24)20-34-16-14-33(2)15-17-34/h10-13,19,21-22,25,36H,3-9,14-18,20H2,1-2H3,(H,30,31,32). The number of likely N-dealkylation sites (N-methyl/N-ethyl adjacent to an activating group) is 1. The topological polar surface area (TPSA) is 69.5 Å². The number of benzene rings is 1. The largest absolute Gasteiger partial charge is 0.396 e. The lowest BCUT2D eigenvalue weighted by atomic mass is 9.95. The zero-order valence-corrected chi connectivity index (χ0v) is 22.0. The molecule has 1 saturated heterocycles. The first kappa shape index (κ1) is 25.2. The molecule has 0 bridgehead atoms. The van der Waals surface area contributed by atoms with Gasteiger partial charge in [0.1, 0.15) is 5.65 Å². The van der Waals surface area contributed by atoms with E-state index in [1.54, 1.807) is 0 Å². The molecule has 3 heterocycles. The first-order valence-electron chi connectivity index (χ1n) is 13.9. The van der Waals surface area contributed by atoms with E-state index in [4.69, 9.17) is 15.1 Å². The fourth-order valence-corrected chi connectivity index (χ4v) is 5.71. The van der Waals surface area contributed by atoms with Gasteiger partial charge in [-0.25, -0.2) is 4.98 Å². The number of hydrogen-bond donors (Lipinski definition) is 2. The van der Waals surface area contributed by atoms with Gasteiger partial charge in [0, 0.05) is 74.8 Å². The van der Waals surface area contributed by atoms with Crippen LogP contribution in [0.15, 0.2) is 36.7 Å². The van der Waals surface area contributed by atoms with Crippen molar-refractivity contribution < 1.29 is 5.11 Å². The molecule has 1 unspecified atom stereocenters. The summed E-state index contributed by atoms with van der Waals surface area (Å²) in [4.78, 5) is 14.7. The summed E-state index contributed by atoms with van der Waals surface area (Å²) in [5.74, 6) is 0.678. The van der Waals surface area contributed by atoms with E-state index < -0.39 is 0 Å². The Hall–Kier alpha value is -2.48. The fourth-order valence-electron chi connectivity index (χ4n) is 5.71. The lowest BCUT2D eigenvalue weighted by molar-refractivity contribution is 0.148. The number of aliphatic hydroxyl groups excluding tert-OH is 1. The van der Waals surface area contributed by atoms with Crippen LogP contribution in [-0.2, 0) is 6.54 Å². The van der Waals surface area contributed by atoms with Gasteiger partial charge in [0.2, 0.25) is 5.95 Å². The van der Waals surface area contributed by atoms with Gasteiger partial charge in [-0.1, -0.05) is 43.5 Å².